The largest absolute Gasteiger partial charge is 0.311 e. The van der Waals surface area contributed by atoms with Crippen LogP contribution in [0.3, 0.4) is 0 Å². The van der Waals surface area contributed by atoms with Crippen molar-refractivity contribution in [3.8, 4) is 0 Å². The standard InChI is InChI=1S/C26H19Br2N/c27-22-17-21(18-23(28)19-22)12-11-20-13-15-26(16-14-20)29(24-7-3-1-4-8-24)25-9-5-2-6-10-25/h1-19H/b12-11+. The second-order valence-corrected chi connectivity index (χ2v) is 8.47. The van der Waals surface area contributed by atoms with Crippen LogP contribution in [0.4, 0.5) is 17.1 Å². The van der Waals surface area contributed by atoms with Crippen molar-refractivity contribution in [1.29, 1.82) is 0 Å². The van der Waals surface area contributed by atoms with Crippen LogP contribution in [-0.2, 0) is 0 Å². The minimum Gasteiger partial charge on any atom is -0.311 e. The Balaban J connectivity index is 1.63. The minimum absolute atomic E-state index is 1.06. The van der Waals surface area contributed by atoms with Gasteiger partial charge in [0.15, 0.2) is 0 Å². The highest BCUT2D eigenvalue weighted by Gasteiger charge is 2.11. The smallest absolute Gasteiger partial charge is 0.0462 e. The summed E-state index contributed by atoms with van der Waals surface area (Å²) in [6.45, 7) is 0. The Morgan fingerprint density at radius 3 is 1.45 bits per heavy atom. The molecule has 0 fully saturated rings. The number of hydrogen-bond acceptors (Lipinski definition) is 1. The first-order valence-electron chi connectivity index (χ1n) is 9.33. The van der Waals surface area contributed by atoms with E-state index in [9.17, 15) is 0 Å². The third-order valence-corrected chi connectivity index (χ3v) is 5.45. The molecule has 0 N–H and O–H groups in total. The lowest BCUT2D eigenvalue weighted by molar-refractivity contribution is 1.28. The summed E-state index contributed by atoms with van der Waals surface area (Å²) in [7, 11) is 0. The lowest BCUT2D eigenvalue weighted by Gasteiger charge is -2.25. The number of para-hydroxylation sites is 2. The Bertz CT molecular complexity index is 1040. The van der Waals surface area contributed by atoms with Gasteiger partial charge in [0.05, 0.1) is 0 Å². The number of hydrogen-bond donors (Lipinski definition) is 0. The number of anilines is 3. The highest BCUT2D eigenvalue weighted by atomic mass is 79.9. The first-order chi connectivity index (χ1) is 14.2. The third-order valence-electron chi connectivity index (χ3n) is 4.53. The number of halogens is 2. The van der Waals surface area contributed by atoms with E-state index in [1.807, 2.05) is 18.2 Å². The zero-order chi connectivity index (χ0) is 20.1. The van der Waals surface area contributed by atoms with E-state index in [0.717, 1.165) is 37.1 Å². The molecule has 29 heavy (non-hydrogen) atoms. The summed E-state index contributed by atoms with van der Waals surface area (Å²) in [5, 5.41) is 0. The van der Waals surface area contributed by atoms with Gasteiger partial charge in [-0.05, 0) is 65.7 Å². The van der Waals surface area contributed by atoms with Crippen molar-refractivity contribution < 1.29 is 0 Å². The molecular formula is C26H19Br2N. The van der Waals surface area contributed by atoms with E-state index in [2.05, 4.69) is 134 Å². The fourth-order valence-electron chi connectivity index (χ4n) is 3.20. The Kier molecular flexibility index (Phi) is 6.28. The maximum atomic E-state index is 3.54. The van der Waals surface area contributed by atoms with Gasteiger partial charge in [0.2, 0.25) is 0 Å². The average molecular weight is 505 g/mol. The van der Waals surface area contributed by atoms with Crippen molar-refractivity contribution in [2.24, 2.45) is 0 Å². The van der Waals surface area contributed by atoms with Crippen molar-refractivity contribution in [3.63, 3.8) is 0 Å². The molecule has 0 saturated carbocycles. The zero-order valence-electron chi connectivity index (χ0n) is 15.7. The van der Waals surface area contributed by atoms with Crippen molar-refractivity contribution in [2.45, 2.75) is 0 Å². The van der Waals surface area contributed by atoms with Gasteiger partial charge in [-0.1, -0.05) is 92.5 Å². The number of benzene rings is 4. The van der Waals surface area contributed by atoms with Crippen molar-refractivity contribution in [2.75, 3.05) is 4.90 Å². The summed E-state index contributed by atoms with van der Waals surface area (Å²) >= 11 is 7.08. The summed E-state index contributed by atoms with van der Waals surface area (Å²) in [5.74, 6) is 0. The highest BCUT2D eigenvalue weighted by molar-refractivity contribution is 9.11. The first kappa shape index (κ1) is 19.7. The average Bonchev–Trinajstić information content (AvgIpc) is 2.74. The SMILES string of the molecule is Brc1cc(Br)cc(/C=C/c2ccc(N(c3ccccc3)c3ccccc3)cc2)c1. The Morgan fingerprint density at radius 1 is 0.483 bits per heavy atom. The van der Waals surface area contributed by atoms with Crippen LogP contribution in [0, 0.1) is 0 Å². The predicted molar refractivity (Wildman–Crippen MR) is 132 cm³/mol. The molecule has 0 radical (unpaired) electrons. The van der Waals surface area contributed by atoms with Crippen molar-refractivity contribution in [1.82, 2.24) is 0 Å². The predicted octanol–water partition coefficient (Wildman–Crippen LogP) is 8.85. The van der Waals surface area contributed by atoms with E-state index in [0.29, 0.717) is 0 Å². The molecule has 0 aromatic heterocycles. The van der Waals surface area contributed by atoms with Gasteiger partial charge in [0, 0.05) is 26.0 Å². The summed E-state index contributed by atoms with van der Waals surface area (Å²) in [5.41, 5.74) is 5.71. The molecule has 0 aliphatic carbocycles. The lowest BCUT2D eigenvalue weighted by Crippen LogP contribution is -2.09. The second-order valence-electron chi connectivity index (χ2n) is 6.63. The maximum Gasteiger partial charge on any atom is 0.0462 e. The molecule has 4 aromatic carbocycles. The van der Waals surface area contributed by atoms with Gasteiger partial charge < -0.3 is 4.90 Å². The molecule has 0 heterocycles. The first-order valence-corrected chi connectivity index (χ1v) is 10.9. The minimum atomic E-state index is 1.06. The fraction of sp³-hybridized carbons (Fsp3) is 0. The van der Waals surface area contributed by atoms with Crippen LogP contribution in [0.2, 0.25) is 0 Å². The quantitative estimate of drug-likeness (QED) is 0.245. The number of nitrogens with zero attached hydrogens (tertiary/aromatic N) is 1. The van der Waals surface area contributed by atoms with Gasteiger partial charge in [-0.15, -0.1) is 0 Å². The van der Waals surface area contributed by atoms with E-state index in [-0.39, 0.29) is 0 Å². The molecule has 0 unspecified atom stereocenters. The Labute approximate surface area is 188 Å². The summed E-state index contributed by atoms with van der Waals surface area (Å²) in [4.78, 5) is 2.26. The second kappa shape index (κ2) is 9.25. The van der Waals surface area contributed by atoms with Crippen LogP contribution in [0.1, 0.15) is 11.1 Å². The van der Waals surface area contributed by atoms with E-state index < -0.39 is 0 Å². The molecule has 4 rings (SSSR count). The highest BCUT2D eigenvalue weighted by Crippen LogP contribution is 2.34. The fourth-order valence-corrected chi connectivity index (χ4v) is 4.53. The molecule has 0 bridgehead atoms. The molecule has 0 saturated heterocycles. The van der Waals surface area contributed by atoms with Crippen LogP contribution in [0.15, 0.2) is 112 Å². The van der Waals surface area contributed by atoms with Gasteiger partial charge in [0.25, 0.3) is 0 Å². The van der Waals surface area contributed by atoms with Crippen LogP contribution < -0.4 is 4.90 Å². The molecule has 142 valence electrons. The van der Waals surface area contributed by atoms with Crippen LogP contribution >= 0.6 is 31.9 Å². The molecule has 0 aliphatic heterocycles. The maximum absolute atomic E-state index is 3.54. The normalized spacial score (nSPS) is 11.0. The van der Waals surface area contributed by atoms with E-state index in [4.69, 9.17) is 0 Å². The topological polar surface area (TPSA) is 3.24 Å². The van der Waals surface area contributed by atoms with Gasteiger partial charge in [-0.2, -0.15) is 0 Å². The summed E-state index contributed by atoms with van der Waals surface area (Å²) in [6.07, 6.45) is 4.25. The monoisotopic (exact) mass is 503 g/mol. The van der Waals surface area contributed by atoms with Gasteiger partial charge in [0.1, 0.15) is 0 Å². The van der Waals surface area contributed by atoms with Crippen LogP contribution in [0.25, 0.3) is 12.2 Å². The van der Waals surface area contributed by atoms with Crippen molar-refractivity contribution in [3.05, 3.63) is 123 Å². The van der Waals surface area contributed by atoms with Gasteiger partial charge >= 0.3 is 0 Å². The van der Waals surface area contributed by atoms with E-state index in [1.165, 1.54) is 0 Å². The number of rotatable bonds is 5. The third kappa shape index (κ3) is 5.06. The Hall–Kier alpha value is -2.62. The van der Waals surface area contributed by atoms with Gasteiger partial charge in [-0.3, -0.25) is 0 Å². The van der Waals surface area contributed by atoms with Crippen molar-refractivity contribution >= 4 is 61.1 Å². The lowest BCUT2D eigenvalue weighted by atomic mass is 10.1. The molecular weight excluding hydrogens is 486 g/mol. The van der Waals surface area contributed by atoms with Gasteiger partial charge in [-0.25, -0.2) is 0 Å². The van der Waals surface area contributed by atoms with E-state index >= 15 is 0 Å². The van der Waals surface area contributed by atoms with Crippen LogP contribution in [-0.4, -0.2) is 0 Å². The summed E-state index contributed by atoms with van der Waals surface area (Å²) < 4.78 is 2.12. The molecule has 0 atom stereocenters. The molecule has 0 amide bonds. The van der Waals surface area contributed by atoms with E-state index in [1.54, 1.807) is 0 Å². The van der Waals surface area contributed by atoms with Crippen LogP contribution in [0.5, 0.6) is 0 Å². The molecule has 1 nitrogen and oxygen atoms in total. The molecule has 0 spiro atoms. The molecule has 3 heteroatoms. The Morgan fingerprint density at radius 2 is 0.931 bits per heavy atom. The zero-order valence-corrected chi connectivity index (χ0v) is 18.8. The molecule has 0 aliphatic rings. The molecule has 4 aromatic rings. The summed E-state index contributed by atoms with van der Waals surface area (Å²) in [6, 6.07) is 35.7.